The van der Waals surface area contributed by atoms with Crippen molar-refractivity contribution in [3.8, 4) is 0 Å². The highest BCUT2D eigenvalue weighted by Crippen LogP contribution is 2.61. The Balaban J connectivity index is 1.57. The molecule has 0 radical (unpaired) electrons. The minimum absolute atomic E-state index is 0.188. The van der Waals surface area contributed by atoms with Crippen molar-refractivity contribution >= 4 is 46.4 Å². The van der Waals surface area contributed by atoms with Gasteiger partial charge in [-0.25, -0.2) is 0 Å². The normalized spacial score (nSPS) is 21.5. The molecule has 41 heavy (non-hydrogen) atoms. The average molecular weight is 561 g/mol. The Morgan fingerprint density at radius 2 is 1.54 bits per heavy atom. The quantitative estimate of drug-likeness (QED) is 0.121. The van der Waals surface area contributed by atoms with Crippen LogP contribution in [0.1, 0.15) is 48.1 Å². The number of non-ortho nitro benzene ring substituents is 1. The van der Waals surface area contributed by atoms with E-state index in [1.807, 2.05) is 11.0 Å². The lowest BCUT2D eigenvalue weighted by Gasteiger charge is -2.37. The number of anilines is 1. The van der Waals surface area contributed by atoms with Crippen LogP contribution < -0.4 is 4.90 Å². The number of ketones is 3. The molecule has 0 unspecified atom stereocenters. The molecular weight excluding hydrogens is 540 g/mol. The van der Waals surface area contributed by atoms with E-state index >= 15 is 0 Å². The maximum absolute atomic E-state index is 14.6. The molecule has 200 valence electrons. The Bertz CT molecular complexity index is 1800. The van der Waals surface area contributed by atoms with Crippen molar-refractivity contribution in [1.29, 1.82) is 0 Å². The second-order valence-electron chi connectivity index (χ2n) is 10.5. The minimum atomic E-state index is -1.73. The number of fused-ring (bicyclic) bond motifs is 5. The minimum Gasteiger partial charge on any atom is -0.352 e. The van der Waals surface area contributed by atoms with Crippen molar-refractivity contribution in [3.05, 3.63) is 146 Å². The first-order valence-corrected chi connectivity index (χ1v) is 13.5. The van der Waals surface area contributed by atoms with Gasteiger partial charge >= 0.3 is 0 Å². The Morgan fingerprint density at radius 3 is 2.22 bits per heavy atom. The summed E-state index contributed by atoms with van der Waals surface area (Å²) in [6, 6.07) is 24.7. The fraction of sp³-hybridized carbons (Fsp3) is 0.121. The van der Waals surface area contributed by atoms with Crippen LogP contribution in [0.4, 0.5) is 11.4 Å². The van der Waals surface area contributed by atoms with E-state index in [9.17, 15) is 24.5 Å². The number of rotatable bonds is 4. The smallest absolute Gasteiger partial charge is 0.269 e. The molecule has 1 saturated heterocycles. The highest BCUT2D eigenvalue weighted by Gasteiger charge is 2.71. The molecule has 0 aromatic heterocycles. The molecule has 1 aliphatic carbocycles. The molecule has 2 aliphatic heterocycles. The van der Waals surface area contributed by atoms with Gasteiger partial charge in [0.25, 0.3) is 5.69 Å². The van der Waals surface area contributed by atoms with E-state index < -0.39 is 39.9 Å². The summed E-state index contributed by atoms with van der Waals surface area (Å²) >= 11 is 6.32. The fourth-order valence-electron chi connectivity index (χ4n) is 6.93. The molecular formula is C33H21ClN2O5. The Hall–Kier alpha value is -4.88. The van der Waals surface area contributed by atoms with E-state index in [0.717, 1.165) is 5.56 Å². The molecule has 0 saturated carbocycles. The largest absolute Gasteiger partial charge is 0.352 e. The molecule has 4 aromatic rings. The SMILES string of the molecule is O=C(c1ccccc1)[C@H]1[C@H](c2cccc([N+](=O)[O-])c2)C2(C(=O)c3ccccc3C2=O)[C@H]2C=Cc3cc(Cl)ccc3N12. The first-order chi connectivity index (χ1) is 19.8. The number of nitrogens with zero attached hydrogens (tertiary/aromatic N) is 2. The van der Waals surface area contributed by atoms with Crippen molar-refractivity contribution < 1.29 is 19.3 Å². The van der Waals surface area contributed by atoms with Gasteiger partial charge in [-0.2, -0.15) is 0 Å². The lowest BCUT2D eigenvalue weighted by atomic mass is 9.64. The predicted molar refractivity (Wildman–Crippen MR) is 155 cm³/mol. The van der Waals surface area contributed by atoms with Gasteiger partial charge in [0.2, 0.25) is 0 Å². The molecule has 8 heteroatoms. The number of nitro benzene ring substituents is 1. The number of halogens is 1. The van der Waals surface area contributed by atoms with Crippen LogP contribution in [0.25, 0.3) is 6.08 Å². The summed E-state index contributed by atoms with van der Waals surface area (Å²) in [7, 11) is 0. The molecule has 7 nitrogen and oxygen atoms in total. The van der Waals surface area contributed by atoms with E-state index in [1.54, 1.807) is 84.9 Å². The zero-order valence-corrected chi connectivity index (χ0v) is 22.2. The van der Waals surface area contributed by atoms with Gasteiger partial charge in [-0.15, -0.1) is 0 Å². The number of hydrogen-bond donors (Lipinski definition) is 0. The highest BCUT2D eigenvalue weighted by atomic mass is 35.5. The summed E-state index contributed by atoms with van der Waals surface area (Å²) in [5.41, 5.74) is 0.830. The molecule has 4 aromatic carbocycles. The summed E-state index contributed by atoms with van der Waals surface area (Å²) in [6.45, 7) is 0. The van der Waals surface area contributed by atoms with Gasteiger partial charge in [0, 0.05) is 45.5 Å². The number of carbonyl (C=O) groups is 3. The molecule has 0 N–H and O–H groups in total. The summed E-state index contributed by atoms with van der Waals surface area (Å²) in [5, 5.41) is 12.3. The first kappa shape index (κ1) is 25.1. The number of benzene rings is 4. The lowest BCUT2D eigenvalue weighted by molar-refractivity contribution is -0.384. The van der Waals surface area contributed by atoms with Crippen LogP contribution in [-0.2, 0) is 0 Å². The first-order valence-electron chi connectivity index (χ1n) is 13.1. The number of Topliss-reactive ketones (excluding diaryl/α,β-unsaturated/α-hetero) is 3. The maximum atomic E-state index is 14.6. The lowest BCUT2D eigenvalue weighted by Crippen LogP contribution is -2.48. The van der Waals surface area contributed by atoms with Gasteiger partial charge in [0.05, 0.1) is 11.0 Å². The van der Waals surface area contributed by atoms with Gasteiger partial charge in [0.15, 0.2) is 17.3 Å². The summed E-state index contributed by atoms with van der Waals surface area (Å²) in [6.07, 6.45) is 3.62. The maximum Gasteiger partial charge on any atom is 0.269 e. The van der Waals surface area contributed by atoms with Crippen LogP contribution in [0.15, 0.2) is 103 Å². The zero-order chi connectivity index (χ0) is 28.5. The van der Waals surface area contributed by atoms with Gasteiger partial charge in [0.1, 0.15) is 11.5 Å². The standard InChI is InChI=1S/C33H21ClN2O5/c34-22-14-15-26-20(17-22)13-16-27-33(31(38)24-11-4-5-12-25(24)32(33)39)28(21-9-6-10-23(18-21)36(40)41)29(35(26)27)30(37)19-7-2-1-3-8-19/h1-18,27-29H/t27-,28+,29-/m1/s1. The van der Waals surface area contributed by atoms with E-state index in [2.05, 4.69) is 0 Å². The monoisotopic (exact) mass is 560 g/mol. The molecule has 1 fully saturated rings. The Labute approximate surface area is 239 Å². The second-order valence-corrected chi connectivity index (χ2v) is 10.9. The van der Waals surface area contributed by atoms with Crippen molar-refractivity contribution in [2.45, 2.75) is 18.0 Å². The van der Waals surface area contributed by atoms with E-state index in [0.29, 0.717) is 21.8 Å². The average Bonchev–Trinajstić information content (AvgIpc) is 3.43. The third-order valence-corrected chi connectivity index (χ3v) is 8.77. The van der Waals surface area contributed by atoms with Crippen molar-refractivity contribution in [3.63, 3.8) is 0 Å². The van der Waals surface area contributed by atoms with E-state index in [-0.39, 0.29) is 22.6 Å². The zero-order valence-electron chi connectivity index (χ0n) is 21.4. The van der Waals surface area contributed by atoms with E-state index in [4.69, 9.17) is 11.6 Å². The van der Waals surface area contributed by atoms with E-state index in [1.165, 1.54) is 18.2 Å². The molecule has 2 heterocycles. The number of nitro groups is 1. The third-order valence-electron chi connectivity index (χ3n) is 8.53. The number of carbonyl (C=O) groups excluding carboxylic acids is 3. The van der Waals surface area contributed by atoms with Gasteiger partial charge in [-0.05, 0) is 29.3 Å². The third kappa shape index (κ3) is 3.42. The molecule has 0 bridgehead atoms. The van der Waals surface area contributed by atoms with Gasteiger partial charge in [-0.1, -0.05) is 90.5 Å². The van der Waals surface area contributed by atoms with Crippen LogP contribution in [0.3, 0.4) is 0 Å². The molecule has 1 spiro atoms. The molecule has 0 amide bonds. The highest BCUT2D eigenvalue weighted by molar-refractivity contribution is 6.32. The molecule has 3 atom stereocenters. The van der Waals surface area contributed by atoms with Crippen molar-refractivity contribution in [2.75, 3.05) is 4.90 Å². The summed E-state index contributed by atoms with van der Waals surface area (Å²) in [4.78, 5) is 57.0. The van der Waals surface area contributed by atoms with Crippen molar-refractivity contribution in [1.82, 2.24) is 0 Å². The summed E-state index contributed by atoms with van der Waals surface area (Å²) < 4.78 is 0. The number of hydrogen-bond acceptors (Lipinski definition) is 6. The van der Waals surface area contributed by atoms with Crippen LogP contribution in [0.2, 0.25) is 5.02 Å². The van der Waals surface area contributed by atoms with Crippen molar-refractivity contribution in [2.24, 2.45) is 5.41 Å². The van der Waals surface area contributed by atoms with Crippen LogP contribution in [-0.4, -0.2) is 34.4 Å². The van der Waals surface area contributed by atoms with Crippen LogP contribution in [0, 0.1) is 15.5 Å². The fourth-order valence-corrected chi connectivity index (χ4v) is 7.11. The second kappa shape index (κ2) is 9.08. The van der Waals surface area contributed by atoms with Crippen LogP contribution >= 0.6 is 11.6 Å². The predicted octanol–water partition coefficient (Wildman–Crippen LogP) is 6.56. The summed E-state index contributed by atoms with van der Waals surface area (Å²) in [5.74, 6) is -2.11. The Morgan fingerprint density at radius 1 is 0.854 bits per heavy atom. The van der Waals surface area contributed by atoms with Gasteiger partial charge < -0.3 is 4.90 Å². The molecule has 7 rings (SSSR count). The Kier molecular flexibility index (Phi) is 5.56. The van der Waals surface area contributed by atoms with Crippen LogP contribution in [0.5, 0.6) is 0 Å². The molecule has 3 aliphatic rings. The topological polar surface area (TPSA) is 97.6 Å². The van der Waals surface area contributed by atoms with Gasteiger partial charge in [-0.3, -0.25) is 24.5 Å².